The quantitative estimate of drug-likeness (QED) is 0.771. The van der Waals surface area contributed by atoms with Crippen molar-refractivity contribution in [3.8, 4) is 0 Å². The van der Waals surface area contributed by atoms with Gasteiger partial charge in [-0.25, -0.2) is 4.39 Å². The maximum absolute atomic E-state index is 13.4. The summed E-state index contributed by atoms with van der Waals surface area (Å²) >= 11 is 0. The highest BCUT2D eigenvalue weighted by atomic mass is 19.1. The number of halogens is 1. The van der Waals surface area contributed by atoms with Crippen LogP contribution in [0.5, 0.6) is 0 Å². The zero-order chi connectivity index (χ0) is 14.5. The Morgan fingerprint density at radius 2 is 2.10 bits per heavy atom. The van der Waals surface area contributed by atoms with Crippen LogP contribution in [-0.4, -0.2) is 42.6 Å². The minimum atomic E-state index is -0.840. The van der Waals surface area contributed by atoms with E-state index in [1.165, 1.54) is 12.1 Å². The van der Waals surface area contributed by atoms with Crippen LogP contribution in [0, 0.1) is 11.7 Å². The summed E-state index contributed by atoms with van der Waals surface area (Å²) in [7, 11) is 0. The fraction of sp³-hybridized carbons (Fsp3) is 0.600. The molecule has 0 radical (unpaired) electrons. The van der Waals surface area contributed by atoms with Crippen molar-refractivity contribution in [2.75, 3.05) is 36.5 Å². The van der Waals surface area contributed by atoms with Gasteiger partial charge in [-0.1, -0.05) is 6.92 Å². The number of nitrogens with zero attached hydrogens (tertiary/aromatic N) is 1. The molecule has 1 atom stereocenters. The van der Waals surface area contributed by atoms with Crippen LogP contribution >= 0.6 is 0 Å². The maximum atomic E-state index is 13.4. The zero-order valence-electron chi connectivity index (χ0n) is 11.8. The minimum absolute atomic E-state index is 0.206. The van der Waals surface area contributed by atoms with E-state index >= 15 is 0 Å². The average molecular weight is 282 g/mol. The smallest absolute Gasteiger partial charge is 0.125 e. The van der Waals surface area contributed by atoms with E-state index in [-0.39, 0.29) is 19.0 Å². The van der Waals surface area contributed by atoms with Crippen molar-refractivity contribution in [1.82, 2.24) is 0 Å². The molecular weight excluding hydrogens is 259 g/mol. The monoisotopic (exact) mass is 282 g/mol. The van der Waals surface area contributed by atoms with Crippen LogP contribution < -0.4 is 10.2 Å². The molecule has 1 aromatic carbocycles. The molecule has 1 saturated heterocycles. The standard InChI is InChI=1S/C15H23FN2O2/c1-11-4-6-18(7-5-11)15-3-2-12(16)8-14(15)17-9-13(20)10-19/h2-3,8,11,13,17,19-20H,4-7,9-10H2,1H3. The van der Waals surface area contributed by atoms with Crippen molar-refractivity contribution in [2.24, 2.45) is 5.92 Å². The molecule has 20 heavy (non-hydrogen) atoms. The van der Waals surface area contributed by atoms with Gasteiger partial charge in [0.15, 0.2) is 0 Å². The SMILES string of the molecule is CC1CCN(c2ccc(F)cc2NCC(O)CO)CC1. The molecule has 0 saturated carbocycles. The first-order valence-electron chi connectivity index (χ1n) is 7.17. The van der Waals surface area contributed by atoms with Gasteiger partial charge in [-0.05, 0) is 37.0 Å². The van der Waals surface area contributed by atoms with Crippen molar-refractivity contribution >= 4 is 11.4 Å². The van der Waals surface area contributed by atoms with Crippen LogP contribution in [0.1, 0.15) is 19.8 Å². The van der Waals surface area contributed by atoms with Gasteiger partial charge in [0.05, 0.1) is 24.1 Å². The van der Waals surface area contributed by atoms with Crippen molar-refractivity contribution in [3.63, 3.8) is 0 Å². The van der Waals surface area contributed by atoms with E-state index in [1.807, 2.05) is 0 Å². The Hall–Kier alpha value is -1.33. The molecule has 3 N–H and O–H groups in total. The summed E-state index contributed by atoms with van der Waals surface area (Å²) in [6, 6.07) is 4.68. The fourth-order valence-corrected chi connectivity index (χ4v) is 2.47. The molecule has 4 nitrogen and oxygen atoms in total. The second kappa shape index (κ2) is 6.90. The van der Waals surface area contributed by atoms with Crippen molar-refractivity contribution in [1.29, 1.82) is 0 Å². The second-order valence-corrected chi connectivity index (χ2v) is 5.55. The Morgan fingerprint density at radius 1 is 1.40 bits per heavy atom. The van der Waals surface area contributed by atoms with Gasteiger partial charge in [0.25, 0.3) is 0 Å². The lowest BCUT2D eigenvalue weighted by atomic mass is 9.98. The zero-order valence-corrected chi connectivity index (χ0v) is 11.8. The molecule has 1 unspecified atom stereocenters. The summed E-state index contributed by atoms with van der Waals surface area (Å²) in [6.45, 7) is 4.07. The van der Waals surface area contributed by atoms with Gasteiger partial charge < -0.3 is 20.4 Å². The van der Waals surface area contributed by atoms with Gasteiger partial charge in [0.1, 0.15) is 5.82 Å². The number of anilines is 2. The third-order valence-corrected chi connectivity index (χ3v) is 3.82. The predicted molar refractivity (Wildman–Crippen MR) is 78.6 cm³/mol. The highest BCUT2D eigenvalue weighted by molar-refractivity contribution is 5.70. The molecule has 0 spiro atoms. The molecule has 0 bridgehead atoms. The van der Waals surface area contributed by atoms with Gasteiger partial charge in [0, 0.05) is 19.6 Å². The van der Waals surface area contributed by atoms with Crippen LogP contribution in [0.3, 0.4) is 0 Å². The summed E-state index contributed by atoms with van der Waals surface area (Å²) in [6.07, 6.45) is 1.43. The molecule has 0 amide bonds. The Morgan fingerprint density at radius 3 is 2.75 bits per heavy atom. The lowest BCUT2D eigenvalue weighted by Crippen LogP contribution is -2.33. The van der Waals surface area contributed by atoms with E-state index in [0.29, 0.717) is 5.69 Å². The molecule has 112 valence electrons. The highest BCUT2D eigenvalue weighted by Crippen LogP contribution is 2.30. The summed E-state index contributed by atoms with van der Waals surface area (Å²) in [4.78, 5) is 2.24. The van der Waals surface area contributed by atoms with E-state index in [4.69, 9.17) is 5.11 Å². The Bertz CT molecular complexity index is 434. The lowest BCUT2D eigenvalue weighted by molar-refractivity contribution is 0.105. The van der Waals surface area contributed by atoms with Crippen molar-refractivity contribution in [2.45, 2.75) is 25.9 Å². The maximum Gasteiger partial charge on any atom is 0.125 e. The van der Waals surface area contributed by atoms with Gasteiger partial charge in [-0.3, -0.25) is 0 Å². The summed E-state index contributed by atoms with van der Waals surface area (Å²) in [5.41, 5.74) is 1.63. The van der Waals surface area contributed by atoms with Gasteiger partial charge in [0.2, 0.25) is 0 Å². The van der Waals surface area contributed by atoms with Crippen LogP contribution in [0.2, 0.25) is 0 Å². The molecular formula is C15H23FN2O2. The largest absolute Gasteiger partial charge is 0.394 e. The van der Waals surface area contributed by atoms with Gasteiger partial charge in [-0.15, -0.1) is 0 Å². The van der Waals surface area contributed by atoms with Crippen molar-refractivity contribution < 1.29 is 14.6 Å². The summed E-state index contributed by atoms with van der Waals surface area (Å²) in [5, 5.41) is 21.3. The number of benzene rings is 1. The van der Waals surface area contributed by atoms with Gasteiger partial charge >= 0.3 is 0 Å². The molecule has 1 heterocycles. The average Bonchev–Trinajstić information content (AvgIpc) is 2.46. The predicted octanol–water partition coefficient (Wildman–Crippen LogP) is 1.83. The van der Waals surface area contributed by atoms with Crippen LogP contribution in [0.25, 0.3) is 0 Å². The molecule has 0 aromatic heterocycles. The number of piperidine rings is 1. The number of hydrogen-bond donors (Lipinski definition) is 3. The second-order valence-electron chi connectivity index (χ2n) is 5.55. The number of hydrogen-bond acceptors (Lipinski definition) is 4. The van der Waals surface area contributed by atoms with Crippen LogP contribution in [0.15, 0.2) is 18.2 Å². The highest BCUT2D eigenvalue weighted by Gasteiger charge is 2.19. The molecule has 1 fully saturated rings. The van der Waals surface area contributed by atoms with E-state index in [0.717, 1.165) is 37.5 Å². The number of nitrogens with one attached hydrogen (secondary N) is 1. The van der Waals surface area contributed by atoms with E-state index in [2.05, 4.69) is 17.1 Å². The van der Waals surface area contributed by atoms with Crippen molar-refractivity contribution in [3.05, 3.63) is 24.0 Å². The van der Waals surface area contributed by atoms with Gasteiger partial charge in [-0.2, -0.15) is 0 Å². The number of aliphatic hydroxyl groups excluding tert-OH is 2. The molecule has 0 aliphatic carbocycles. The van der Waals surface area contributed by atoms with E-state index in [1.54, 1.807) is 6.07 Å². The number of rotatable bonds is 5. The third kappa shape index (κ3) is 3.84. The topological polar surface area (TPSA) is 55.7 Å². The molecule has 2 rings (SSSR count). The van der Waals surface area contributed by atoms with Crippen LogP contribution in [0.4, 0.5) is 15.8 Å². The summed E-state index contributed by atoms with van der Waals surface area (Å²) in [5.74, 6) is 0.430. The first-order valence-corrected chi connectivity index (χ1v) is 7.17. The molecule has 1 aliphatic heterocycles. The third-order valence-electron chi connectivity index (χ3n) is 3.82. The number of aliphatic hydroxyl groups is 2. The Balaban J connectivity index is 2.11. The first-order chi connectivity index (χ1) is 9.60. The fourth-order valence-electron chi connectivity index (χ4n) is 2.47. The van der Waals surface area contributed by atoms with Crippen LogP contribution in [-0.2, 0) is 0 Å². The van der Waals surface area contributed by atoms with E-state index in [9.17, 15) is 9.50 Å². The minimum Gasteiger partial charge on any atom is -0.394 e. The normalized spacial score (nSPS) is 18.1. The molecule has 5 heteroatoms. The Kier molecular flexibility index (Phi) is 5.20. The lowest BCUT2D eigenvalue weighted by Gasteiger charge is -2.33. The Labute approximate surface area is 119 Å². The van der Waals surface area contributed by atoms with E-state index < -0.39 is 6.10 Å². The summed E-state index contributed by atoms with van der Waals surface area (Å²) < 4.78 is 13.4. The first kappa shape index (κ1) is 15.1. The molecule has 1 aliphatic rings. The molecule has 1 aromatic rings.